The zero-order valence-corrected chi connectivity index (χ0v) is 16.0. The zero-order chi connectivity index (χ0) is 18.1. The highest BCUT2D eigenvalue weighted by Gasteiger charge is 2.23. The molecule has 1 aliphatic heterocycles. The summed E-state index contributed by atoms with van der Waals surface area (Å²) < 4.78 is 7.49. The van der Waals surface area contributed by atoms with Crippen molar-refractivity contribution in [3.8, 4) is 0 Å². The second-order valence-corrected chi connectivity index (χ2v) is 6.57. The summed E-state index contributed by atoms with van der Waals surface area (Å²) in [6.45, 7) is 15.4. The molecule has 1 aromatic heterocycles. The van der Waals surface area contributed by atoms with Gasteiger partial charge in [-0.15, -0.1) is 10.2 Å². The summed E-state index contributed by atoms with van der Waals surface area (Å²) in [5, 5.41) is 14.9. The van der Waals surface area contributed by atoms with Crippen LogP contribution >= 0.6 is 0 Å². The van der Waals surface area contributed by atoms with Crippen molar-refractivity contribution in [1.82, 2.24) is 30.3 Å². The predicted octanol–water partition coefficient (Wildman–Crippen LogP) is 0.710. The van der Waals surface area contributed by atoms with Crippen molar-refractivity contribution < 1.29 is 4.74 Å². The number of nitrogens with one attached hydrogen (secondary N) is 2. The SMILES string of the molecule is CCNC(=NCc1nncn1CC)NCC(C(C)C)N1CCOCC1. The van der Waals surface area contributed by atoms with Crippen LogP contribution in [0, 0.1) is 5.92 Å². The molecule has 142 valence electrons. The summed E-state index contributed by atoms with van der Waals surface area (Å²) in [4.78, 5) is 7.18. The number of aliphatic imine (C=N–C) groups is 1. The largest absolute Gasteiger partial charge is 0.379 e. The van der Waals surface area contributed by atoms with E-state index in [1.54, 1.807) is 6.33 Å². The van der Waals surface area contributed by atoms with E-state index in [0.717, 1.165) is 57.7 Å². The van der Waals surface area contributed by atoms with Crippen molar-refractivity contribution in [3.63, 3.8) is 0 Å². The Bertz CT molecular complexity index is 523. The van der Waals surface area contributed by atoms with Gasteiger partial charge < -0.3 is 19.9 Å². The molecule has 1 fully saturated rings. The van der Waals surface area contributed by atoms with Crippen LogP contribution in [0.5, 0.6) is 0 Å². The van der Waals surface area contributed by atoms with E-state index in [4.69, 9.17) is 4.74 Å². The van der Waals surface area contributed by atoms with Crippen molar-refractivity contribution in [2.75, 3.05) is 39.4 Å². The van der Waals surface area contributed by atoms with E-state index in [2.05, 4.69) is 58.4 Å². The van der Waals surface area contributed by atoms with Crippen LogP contribution in [-0.2, 0) is 17.8 Å². The molecule has 1 aromatic rings. The third kappa shape index (κ3) is 5.97. The molecule has 0 radical (unpaired) electrons. The van der Waals surface area contributed by atoms with Gasteiger partial charge in [0, 0.05) is 38.8 Å². The molecule has 8 heteroatoms. The third-order valence-electron chi connectivity index (χ3n) is 4.52. The lowest BCUT2D eigenvalue weighted by Crippen LogP contribution is -2.52. The number of morpholine rings is 1. The van der Waals surface area contributed by atoms with E-state index in [1.807, 2.05) is 4.57 Å². The summed E-state index contributed by atoms with van der Waals surface area (Å²) in [5.74, 6) is 2.28. The molecular formula is C17H33N7O. The van der Waals surface area contributed by atoms with Crippen molar-refractivity contribution in [3.05, 3.63) is 12.2 Å². The number of hydrogen-bond acceptors (Lipinski definition) is 5. The first kappa shape index (κ1) is 19.7. The number of aromatic nitrogens is 3. The Hall–Kier alpha value is -1.67. The highest BCUT2D eigenvalue weighted by atomic mass is 16.5. The average molecular weight is 351 g/mol. The molecule has 0 aromatic carbocycles. The molecule has 1 saturated heterocycles. The topological polar surface area (TPSA) is 79.6 Å². The monoisotopic (exact) mass is 351 g/mol. The lowest BCUT2D eigenvalue weighted by Gasteiger charge is -2.37. The van der Waals surface area contributed by atoms with Crippen molar-refractivity contribution in [2.24, 2.45) is 10.9 Å². The lowest BCUT2D eigenvalue weighted by atomic mass is 10.0. The molecule has 0 amide bonds. The minimum Gasteiger partial charge on any atom is -0.379 e. The summed E-state index contributed by atoms with van der Waals surface area (Å²) in [6.07, 6.45) is 1.75. The molecule has 1 unspecified atom stereocenters. The fourth-order valence-electron chi connectivity index (χ4n) is 3.05. The molecule has 1 aliphatic rings. The Labute approximate surface area is 151 Å². The molecule has 0 bridgehead atoms. The standard InChI is InChI=1S/C17H33N7O/c1-5-18-17(20-12-16-22-21-13-23(16)6-2)19-11-15(14(3)4)24-7-9-25-10-8-24/h13-15H,5-12H2,1-4H3,(H2,18,19,20). The van der Waals surface area contributed by atoms with Crippen LogP contribution < -0.4 is 10.6 Å². The van der Waals surface area contributed by atoms with Gasteiger partial charge in [-0.3, -0.25) is 4.90 Å². The summed E-state index contributed by atoms with van der Waals surface area (Å²) >= 11 is 0. The quantitative estimate of drug-likeness (QED) is 0.530. The van der Waals surface area contributed by atoms with Gasteiger partial charge in [0.15, 0.2) is 11.8 Å². The molecule has 1 atom stereocenters. The highest BCUT2D eigenvalue weighted by Crippen LogP contribution is 2.12. The molecule has 0 saturated carbocycles. The first-order valence-corrected chi connectivity index (χ1v) is 9.36. The van der Waals surface area contributed by atoms with Gasteiger partial charge in [-0.25, -0.2) is 4.99 Å². The van der Waals surface area contributed by atoms with Crippen LogP contribution in [-0.4, -0.2) is 71.1 Å². The van der Waals surface area contributed by atoms with Crippen LogP contribution in [0.25, 0.3) is 0 Å². The lowest BCUT2D eigenvalue weighted by molar-refractivity contribution is 0.00752. The third-order valence-corrected chi connectivity index (χ3v) is 4.52. The molecule has 2 N–H and O–H groups in total. The van der Waals surface area contributed by atoms with E-state index in [1.165, 1.54) is 0 Å². The maximum Gasteiger partial charge on any atom is 0.191 e. The summed E-state index contributed by atoms with van der Waals surface area (Å²) in [7, 11) is 0. The smallest absolute Gasteiger partial charge is 0.191 e. The highest BCUT2D eigenvalue weighted by molar-refractivity contribution is 5.79. The fraction of sp³-hybridized carbons (Fsp3) is 0.824. The Morgan fingerprint density at radius 3 is 2.68 bits per heavy atom. The minimum absolute atomic E-state index is 0.465. The van der Waals surface area contributed by atoms with Gasteiger partial charge in [0.05, 0.1) is 13.2 Å². The minimum atomic E-state index is 0.465. The van der Waals surface area contributed by atoms with Crippen molar-refractivity contribution in [1.29, 1.82) is 0 Å². The van der Waals surface area contributed by atoms with Gasteiger partial charge in [0.1, 0.15) is 12.9 Å². The van der Waals surface area contributed by atoms with E-state index in [9.17, 15) is 0 Å². The molecule has 2 rings (SSSR count). The first-order valence-electron chi connectivity index (χ1n) is 9.36. The van der Waals surface area contributed by atoms with Gasteiger partial charge in [0.2, 0.25) is 0 Å². The van der Waals surface area contributed by atoms with Crippen molar-refractivity contribution >= 4 is 5.96 Å². The Morgan fingerprint density at radius 1 is 1.28 bits per heavy atom. The number of hydrogen-bond donors (Lipinski definition) is 2. The number of ether oxygens (including phenoxy) is 1. The number of rotatable bonds is 8. The molecule has 2 heterocycles. The van der Waals surface area contributed by atoms with Gasteiger partial charge in [-0.1, -0.05) is 13.8 Å². The Morgan fingerprint density at radius 2 is 2.04 bits per heavy atom. The normalized spacial score (nSPS) is 17.7. The van der Waals surface area contributed by atoms with Crippen LogP contribution in [0.2, 0.25) is 0 Å². The maximum atomic E-state index is 5.48. The van der Waals surface area contributed by atoms with Gasteiger partial charge in [-0.05, 0) is 19.8 Å². The van der Waals surface area contributed by atoms with Crippen LogP contribution in [0.4, 0.5) is 0 Å². The molecule has 25 heavy (non-hydrogen) atoms. The molecular weight excluding hydrogens is 318 g/mol. The van der Waals surface area contributed by atoms with Gasteiger partial charge >= 0.3 is 0 Å². The maximum absolute atomic E-state index is 5.48. The van der Waals surface area contributed by atoms with Crippen LogP contribution in [0.1, 0.15) is 33.5 Å². The first-order chi connectivity index (χ1) is 12.2. The second-order valence-electron chi connectivity index (χ2n) is 6.57. The predicted molar refractivity (Wildman–Crippen MR) is 99.5 cm³/mol. The van der Waals surface area contributed by atoms with Crippen LogP contribution in [0.15, 0.2) is 11.3 Å². The number of guanidine groups is 1. The molecule has 0 aliphatic carbocycles. The molecule has 8 nitrogen and oxygen atoms in total. The molecule has 0 spiro atoms. The number of aryl methyl sites for hydroxylation is 1. The van der Waals surface area contributed by atoms with E-state index in [-0.39, 0.29) is 0 Å². The van der Waals surface area contributed by atoms with E-state index < -0.39 is 0 Å². The van der Waals surface area contributed by atoms with Gasteiger partial charge in [0.25, 0.3) is 0 Å². The Kier molecular flexibility index (Phi) is 8.14. The summed E-state index contributed by atoms with van der Waals surface area (Å²) in [6, 6.07) is 0.465. The zero-order valence-electron chi connectivity index (χ0n) is 16.0. The van der Waals surface area contributed by atoms with E-state index >= 15 is 0 Å². The van der Waals surface area contributed by atoms with Crippen LogP contribution in [0.3, 0.4) is 0 Å². The Balaban J connectivity index is 1.95. The van der Waals surface area contributed by atoms with Gasteiger partial charge in [-0.2, -0.15) is 0 Å². The fourth-order valence-corrected chi connectivity index (χ4v) is 3.05. The average Bonchev–Trinajstić information content (AvgIpc) is 3.08. The summed E-state index contributed by atoms with van der Waals surface area (Å²) in [5.41, 5.74) is 0. The second kappa shape index (κ2) is 10.4. The number of nitrogens with zero attached hydrogens (tertiary/aromatic N) is 5. The van der Waals surface area contributed by atoms with Crippen molar-refractivity contribution in [2.45, 2.75) is 46.8 Å². The van der Waals surface area contributed by atoms with E-state index in [0.29, 0.717) is 18.5 Å².